The Morgan fingerprint density at radius 2 is 2.45 bits per heavy atom. The number of rotatable bonds is 1. The standard InChI is InChI=1S/C6H3BrClNO2/c7-11-6(10)5-4(8)2-1-3-9-5/h1-3H. The Morgan fingerprint density at radius 3 is 3.00 bits per heavy atom. The van der Waals surface area contributed by atoms with E-state index in [1.807, 2.05) is 0 Å². The molecule has 5 heteroatoms. The molecule has 1 aromatic rings. The maximum atomic E-state index is 10.8. The van der Waals surface area contributed by atoms with E-state index in [0.717, 1.165) is 0 Å². The first kappa shape index (κ1) is 8.49. The van der Waals surface area contributed by atoms with Gasteiger partial charge in [-0.1, -0.05) is 11.6 Å². The molecule has 0 spiro atoms. The van der Waals surface area contributed by atoms with Gasteiger partial charge in [-0.2, -0.15) is 0 Å². The van der Waals surface area contributed by atoms with Crippen LogP contribution in [0.25, 0.3) is 0 Å². The Balaban J connectivity index is 3.03. The Kier molecular flexibility index (Phi) is 2.84. The van der Waals surface area contributed by atoms with Crippen LogP contribution in [-0.2, 0) is 3.83 Å². The van der Waals surface area contributed by atoms with Gasteiger partial charge in [0.05, 0.1) is 5.02 Å². The van der Waals surface area contributed by atoms with E-state index in [1.165, 1.54) is 6.20 Å². The number of halogens is 2. The monoisotopic (exact) mass is 235 g/mol. The number of carbonyl (C=O) groups excluding carboxylic acids is 1. The highest BCUT2D eigenvalue weighted by Gasteiger charge is 2.11. The molecule has 0 aliphatic heterocycles. The maximum Gasteiger partial charge on any atom is 0.369 e. The normalized spacial score (nSPS) is 9.27. The van der Waals surface area contributed by atoms with Crippen LogP contribution < -0.4 is 0 Å². The van der Waals surface area contributed by atoms with Crippen molar-refractivity contribution in [1.82, 2.24) is 4.98 Å². The Morgan fingerprint density at radius 1 is 1.73 bits per heavy atom. The van der Waals surface area contributed by atoms with Gasteiger partial charge in [0.1, 0.15) is 0 Å². The summed E-state index contributed by atoms with van der Waals surface area (Å²) >= 11 is 8.15. The third-order valence-corrected chi connectivity index (χ3v) is 1.62. The highest BCUT2D eigenvalue weighted by Crippen LogP contribution is 2.13. The predicted molar refractivity (Wildman–Crippen MR) is 43.6 cm³/mol. The number of aromatic nitrogens is 1. The van der Waals surface area contributed by atoms with E-state index in [9.17, 15) is 4.79 Å². The molecule has 0 aromatic carbocycles. The predicted octanol–water partition coefficient (Wildman–Crippen LogP) is 2.20. The fraction of sp³-hybridized carbons (Fsp3) is 0. The van der Waals surface area contributed by atoms with Crippen LogP contribution in [0.5, 0.6) is 0 Å². The summed E-state index contributed by atoms with van der Waals surface area (Å²) in [5.74, 6) is -0.601. The molecule has 1 aromatic heterocycles. The molecule has 11 heavy (non-hydrogen) atoms. The third-order valence-electron chi connectivity index (χ3n) is 1.02. The van der Waals surface area contributed by atoms with Gasteiger partial charge in [-0.3, -0.25) is 0 Å². The smallest absolute Gasteiger partial charge is 0.369 e. The first-order valence-corrected chi connectivity index (χ1v) is 3.71. The van der Waals surface area contributed by atoms with Crippen molar-refractivity contribution in [2.75, 3.05) is 0 Å². The molecule has 0 N–H and O–H groups in total. The van der Waals surface area contributed by atoms with Crippen LogP contribution in [0.15, 0.2) is 18.3 Å². The van der Waals surface area contributed by atoms with Gasteiger partial charge in [0.15, 0.2) is 22.0 Å². The zero-order chi connectivity index (χ0) is 8.27. The molecular weight excluding hydrogens is 233 g/mol. The molecule has 0 atom stereocenters. The van der Waals surface area contributed by atoms with Gasteiger partial charge in [-0.25, -0.2) is 9.78 Å². The van der Waals surface area contributed by atoms with E-state index in [2.05, 4.69) is 25.1 Å². The van der Waals surface area contributed by atoms with Crippen LogP contribution >= 0.6 is 27.9 Å². The highest BCUT2D eigenvalue weighted by molar-refractivity contribution is 9.06. The topological polar surface area (TPSA) is 39.2 Å². The number of hydrogen-bond donors (Lipinski definition) is 0. The highest BCUT2D eigenvalue weighted by atomic mass is 79.9. The van der Waals surface area contributed by atoms with Gasteiger partial charge in [0.2, 0.25) is 0 Å². The summed E-state index contributed by atoms with van der Waals surface area (Å²) in [6.07, 6.45) is 1.46. The molecular formula is C6H3BrClNO2. The van der Waals surface area contributed by atoms with Crippen molar-refractivity contribution in [2.24, 2.45) is 0 Å². The fourth-order valence-corrected chi connectivity index (χ4v) is 0.924. The molecule has 0 bridgehead atoms. The Hall–Kier alpha value is -0.610. The van der Waals surface area contributed by atoms with Crippen molar-refractivity contribution in [3.8, 4) is 0 Å². The average molecular weight is 236 g/mol. The molecule has 1 rings (SSSR count). The lowest BCUT2D eigenvalue weighted by atomic mass is 10.3. The largest absolute Gasteiger partial charge is 0.379 e. The Labute approximate surface area is 76.8 Å². The molecule has 1 heterocycles. The molecule has 0 aliphatic rings. The van der Waals surface area contributed by atoms with Crippen LogP contribution in [0.3, 0.4) is 0 Å². The minimum absolute atomic E-state index is 0.103. The number of carbonyl (C=O) groups is 1. The van der Waals surface area contributed by atoms with Crippen molar-refractivity contribution in [3.63, 3.8) is 0 Å². The molecule has 0 radical (unpaired) electrons. The van der Waals surface area contributed by atoms with E-state index in [1.54, 1.807) is 12.1 Å². The molecule has 58 valence electrons. The maximum absolute atomic E-state index is 10.8. The average Bonchev–Trinajstić information content (AvgIpc) is 2.04. The third kappa shape index (κ3) is 1.91. The summed E-state index contributed by atoms with van der Waals surface area (Å²) in [5, 5.41) is 0.275. The van der Waals surface area contributed by atoms with Gasteiger partial charge in [0.25, 0.3) is 0 Å². The summed E-state index contributed by atoms with van der Waals surface area (Å²) in [7, 11) is 0. The first-order valence-electron chi connectivity index (χ1n) is 2.69. The second-order valence-electron chi connectivity index (χ2n) is 1.70. The van der Waals surface area contributed by atoms with Crippen molar-refractivity contribution in [1.29, 1.82) is 0 Å². The number of pyridine rings is 1. The lowest BCUT2D eigenvalue weighted by Crippen LogP contribution is -2.01. The molecule has 0 amide bonds. The van der Waals surface area contributed by atoms with E-state index in [4.69, 9.17) is 11.6 Å². The summed E-state index contributed by atoms with van der Waals surface area (Å²) in [6, 6.07) is 3.20. The van der Waals surface area contributed by atoms with Crippen LogP contribution in [0.4, 0.5) is 0 Å². The van der Waals surface area contributed by atoms with E-state index in [0.29, 0.717) is 0 Å². The lowest BCUT2D eigenvalue weighted by molar-refractivity contribution is 0.0776. The Bertz CT molecular complexity index is 279. The van der Waals surface area contributed by atoms with E-state index < -0.39 is 5.97 Å². The number of hydrogen-bond acceptors (Lipinski definition) is 3. The van der Waals surface area contributed by atoms with Crippen molar-refractivity contribution < 1.29 is 8.62 Å². The molecule has 0 unspecified atom stereocenters. The van der Waals surface area contributed by atoms with E-state index >= 15 is 0 Å². The number of nitrogens with zero attached hydrogens (tertiary/aromatic N) is 1. The summed E-state index contributed by atoms with van der Waals surface area (Å²) in [5.41, 5.74) is 0.103. The molecule has 3 nitrogen and oxygen atoms in total. The zero-order valence-electron chi connectivity index (χ0n) is 5.25. The first-order chi connectivity index (χ1) is 5.25. The molecule has 0 fully saturated rings. The fourth-order valence-electron chi connectivity index (χ4n) is 0.572. The van der Waals surface area contributed by atoms with Gasteiger partial charge >= 0.3 is 5.97 Å². The van der Waals surface area contributed by atoms with Crippen LogP contribution in [0.1, 0.15) is 10.5 Å². The second-order valence-corrected chi connectivity index (χ2v) is 2.43. The van der Waals surface area contributed by atoms with Crippen LogP contribution in [0.2, 0.25) is 5.02 Å². The summed E-state index contributed by atoms with van der Waals surface area (Å²) < 4.78 is 4.24. The van der Waals surface area contributed by atoms with Crippen LogP contribution in [-0.4, -0.2) is 11.0 Å². The lowest BCUT2D eigenvalue weighted by Gasteiger charge is -1.96. The SMILES string of the molecule is O=C(OBr)c1ncccc1Cl. The van der Waals surface area contributed by atoms with Crippen molar-refractivity contribution >= 4 is 33.8 Å². The van der Waals surface area contributed by atoms with Gasteiger partial charge in [-0.05, 0) is 12.1 Å². The minimum atomic E-state index is -0.601. The zero-order valence-corrected chi connectivity index (χ0v) is 7.59. The molecule has 0 saturated carbocycles. The summed E-state index contributed by atoms with van der Waals surface area (Å²) in [6.45, 7) is 0. The van der Waals surface area contributed by atoms with Gasteiger partial charge in [-0.15, -0.1) is 0 Å². The van der Waals surface area contributed by atoms with E-state index in [-0.39, 0.29) is 10.7 Å². The molecule has 0 saturated heterocycles. The van der Waals surface area contributed by atoms with Crippen molar-refractivity contribution in [2.45, 2.75) is 0 Å². The molecule has 0 aliphatic carbocycles. The quantitative estimate of drug-likeness (QED) is 0.750. The minimum Gasteiger partial charge on any atom is -0.379 e. The summed E-state index contributed by atoms with van der Waals surface area (Å²) in [4.78, 5) is 14.5. The van der Waals surface area contributed by atoms with Crippen LogP contribution in [0, 0.1) is 0 Å². The van der Waals surface area contributed by atoms with Crippen molar-refractivity contribution in [3.05, 3.63) is 29.0 Å². The van der Waals surface area contributed by atoms with Gasteiger partial charge < -0.3 is 3.83 Å². The van der Waals surface area contributed by atoms with Gasteiger partial charge in [0, 0.05) is 6.20 Å². The second kappa shape index (κ2) is 3.69.